The summed E-state index contributed by atoms with van der Waals surface area (Å²) in [6.45, 7) is 1.30. The van der Waals surface area contributed by atoms with E-state index in [0.717, 1.165) is 0 Å². The minimum atomic E-state index is -4.26. The van der Waals surface area contributed by atoms with Crippen LogP contribution in [0.4, 0.5) is 18.9 Å². The number of nitrogens with one attached hydrogen (secondary N) is 1. The second kappa shape index (κ2) is 5.07. The zero-order valence-electron chi connectivity index (χ0n) is 9.27. The van der Waals surface area contributed by atoms with E-state index in [9.17, 15) is 18.0 Å². The van der Waals surface area contributed by atoms with Gasteiger partial charge in [-0.3, -0.25) is 4.79 Å². The van der Waals surface area contributed by atoms with E-state index in [2.05, 4.69) is 5.32 Å². The molecule has 1 aromatic rings. The highest BCUT2D eigenvalue weighted by Gasteiger charge is 2.26. The molecule has 0 spiro atoms. The number of hydrogen-bond acceptors (Lipinski definition) is 2. The number of amides is 1. The second-order valence-electron chi connectivity index (χ2n) is 3.69. The van der Waals surface area contributed by atoms with Gasteiger partial charge >= 0.3 is 6.18 Å². The summed E-state index contributed by atoms with van der Waals surface area (Å²) in [5, 5.41) is 2.20. The zero-order valence-corrected chi connectivity index (χ0v) is 9.27. The van der Waals surface area contributed by atoms with Gasteiger partial charge in [0.25, 0.3) is 5.91 Å². The molecule has 0 saturated carbocycles. The number of rotatable bonds is 3. The summed E-state index contributed by atoms with van der Waals surface area (Å²) >= 11 is 0. The Labute approximate surface area is 96.8 Å². The number of nitrogen functional groups attached to an aromatic ring is 1. The predicted molar refractivity (Wildman–Crippen MR) is 58.6 cm³/mol. The number of carbonyl (C=O) groups excluding carboxylic acids is 1. The number of benzene rings is 1. The zero-order chi connectivity index (χ0) is 13.1. The van der Waals surface area contributed by atoms with Gasteiger partial charge in [0.05, 0.1) is 6.42 Å². The van der Waals surface area contributed by atoms with Crippen LogP contribution in [0.25, 0.3) is 0 Å². The Hall–Kier alpha value is -1.72. The highest BCUT2D eigenvalue weighted by Crippen LogP contribution is 2.18. The molecule has 0 aliphatic heterocycles. The molecule has 0 heterocycles. The van der Waals surface area contributed by atoms with E-state index in [1.54, 1.807) is 13.0 Å². The van der Waals surface area contributed by atoms with Crippen LogP contribution in [0.5, 0.6) is 0 Å². The average molecular weight is 246 g/mol. The predicted octanol–water partition coefficient (Wildman–Crippen LogP) is 2.26. The van der Waals surface area contributed by atoms with Crippen molar-refractivity contribution in [1.29, 1.82) is 0 Å². The lowest BCUT2D eigenvalue weighted by Crippen LogP contribution is -2.27. The fraction of sp³-hybridized carbons (Fsp3) is 0.364. The smallest absolute Gasteiger partial charge is 0.390 e. The Bertz CT molecular complexity index is 416. The number of anilines is 1. The highest BCUT2D eigenvalue weighted by molar-refractivity contribution is 5.94. The molecule has 0 aliphatic rings. The molecule has 3 N–H and O–H groups in total. The first-order valence-electron chi connectivity index (χ1n) is 5.00. The maximum absolute atomic E-state index is 11.9. The van der Waals surface area contributed by atoms with E-state index in [1.165, 1.54) is 12.1 Å². The molecule has 1 amide bonds. The van der Waals surface area contributed by atoms with Crippen LogP contribution in [-0.4, -0.2) is 18.6 Å². The fourth-order valence-electron chi connectivity index (χ4n) is 1.24. The van der Waals surface area contributed by atoms with Crippen LogP contribution in [-0.2, 0) is 0 Å². The third kappa shape index (κ3) is 4.34. The minimum Gasteiger partial charge on any atom is -0.399 e. The molecule has 17 heavy (non-hydrogen) atoms. The highest BCUT2D eigenvalue weighted by atomic mass is 19.4. The van der Waals surface area contributed by atoms with Gasteiger partial charge in [0.15, 0.2) is 0 Å². The van der Waals surface area contributed by atoms with Crippen molar-refractivity contribution in [3.8, 4) is 0 Å². The molecule has 6 heteroatoms. The monoisotopic (exact) mass is 246 g/mol. The molecule has 0 saturated heterocycles. The molecule has 0 aromatic heterocycles. The quantitative estimate of drug-likeness (QED) is 0.804. The summed E-state index contributed by atoms with van der Waals surface area (Å²) in [7, 11) is 0. The normalized spacial score (nSPS) is 11.3. The lowest BCUT2D eigenvalue weighted by atomic mass is 10.1. The van der Waals surface area contributed by atoms with Crippen LogP contribution < -0.4 is 11.1 Å². The Morgan fingerprint density at radius 1 is 1.41 bits per heavy atom. The summed E-state index contributed by atoms with van der Waals surface area (Å²) in [4.78, 5) is 11.5. The van der Waals surface area contributed by atoms with Gasteiger partial charge in [0.1, 0.15) is 0 Å². The summed E-state index contributed by atoms with van der Waals surface area (Å²) < 4.78 is 35.6. The molecule has 94 valence electrons. The first-order chi connectivity index (χ1) is 7.79. The molecular weight excluding hydrogens is 233 g/mol. The molecule has 0 radical (unpaired) electrons. The van der Waals surface area contributed by atoms with Crippen molar-refractivity contribution in [2.45, 2.75) is 19.5 Å². The Morgan fingerprint density at radius 3 is 2.59 bits per heavy atom. The van der Waals surface area contributed by atoms with Gasteiger partial charge in [0, 0.05) is 17.8 Å². The second-order valence-corrected chi connectivity index (χ2v) is 3.69. The number of alkyl halides is 3. The van der Waals surface area contributed by atoms with Crippen LogP contribution >= 0.6 is 0 Å². The number of halogens is 3. The van der Waals surface area contributed by atoms with Crippen LogP contribution in [0.2, 0.25) is 0 Å². The van der Waals surface area contributed by atoms with E-state index < -0.39 is 25.0 Å². The fourth-order valence-corrected chi connectivity index (χ4v) is 1.24. The van der Waals surface area contributed by atoms with Gasteiger partial charge in [0.2, 0.25) is 0 Å². The topological polar surface area (TPSA) is 55.1 Å². The molecule has 0 unspecified atom stereocenters. The van der Waals surface area contributed by atoms with E-state index in [1.807, 2.05) is 0 Å². The summed E-state index contributed by atoms with van der Waals surface area (Å²) in [5.41, 5.74) is 7.13. The molecule has 1 rings (SSSR count). The summed E-state index contributed by atoms with van der Waals surface area (Å²) in [6.07, 6.45) is -5.29. The lowest BCUT2D eigenvalue weighted by molar-refractivity contribution is -0.132. The maximum atomic E-state index is 11.9. The van der Waals surface area contributed by atoms with Crippen molar-refractivity contribution in [3.05, 3.63) is 29.3 Å². The molecule has 0 bridgehead atoms. The van der Waals surface area contributed by atoms with Crippen LogP contribution in [0.1, 0.15) is 22.3 Å². The molecule has 1 aromatic carbocycles. The van der Waals surface area contributed by atoms with Crippen LogP contribution in [0.15, 0.2) is 18.2 Å². The van der Waals surface area contributed by atoms with Crippen molar-refractivity contribution in [2.24, 2.45) is 0 Å². The average Bonchev–Trinajstić information content (AvgIpc) is 2.20. The summed E-state index contributed by atoms with van der Waals surface area (Å²) in [5.74, 6) is -0.530. The third-order valence-electron chi connectivity index (χ3n) is 2.23. The standard InChI is InChI=1S/C11H13F3N2O/c1-7-6-8(2-3-9(7)15)10(17)16-5-4-11(12,13)14/h2-3,6H,4-5,15H2,1H3,(H,16,17). The SMILES string of the molecule is Cc1cc(C(=O)NCCC(F)(F)F)ccc1N. The lowest BCUT2D eigenvalue weighted by Gasteiger charge is -2.08. The van der Waals surface area contributed by atoms with Gasteiger partial charge in [-0.15, -0.1) is 0 Å². The van der Waals surface area contributed by atoms with Crippen molar-refractivity contribution < 1.29 is 18.0 Å². The van der Waals surface area contributed by atoms with Crippen molar-refractivity contribution in [2.75, 3.05) is 12.3 Å². The number of nitrogens with two attached hydrogens (primary N) is 1. The molecule has 3 nitrogen and oxygen atoms in total. The largest absolute Gasteiger partial charge is 0.399 e. The van der Waals surface area contributed by atoms with Crippen molar-refractivity contribution in [3.63, 3.8) is 0 Å². The van der Waals surface area contributed by atoms with Crippen LogP contribution in [0.3, 0.4) is 0 Å². The van der Waals surface area contributed by atoms with Crippen LogP contribution in [0, 0.1) is 6.92 Å². The number of carbonyl (C=O) groups is 1. The van der Waals surface area contributed by atoms with Crippen molar-refractivity contribution in [1.82, 2.24) is 5.32 Å². The van der Waals surface area contributed by atoms with E-state index in [-0.39, 0.29) is 0 Å². The number of hydrogen-bond donors (Lipinski definition) is 2. The first kappa shape index (κ1) is 13.3. The van der Waals surface area contributed by atoms with E-state index in [0.29, 0.717) is 16.8 Å². The van der Waals surface area contributed by atoms with Crippen molar-refractivity contribution >= 4 is 11.6 Å². The first-order valence-corrected chi connectivity index (χ1v) is 5.00. The van der Waals surface area contributed by atoms with Gasteiger partial charge in [-0.1, -0.05) is 0 Å². The molecule has 0 atom stereocenters. The Balaban J connectivity index is 2.56. The molecular formula is C11H13F3N2O. The van der Waals surface area contributed by atoms with E-state index >= 15 is 0 Å². The maximum Gasteiger partial charge on any atom is 0.390 e. The number of aryl methyl sites for hydroxylation is 1. The molecule has 0 aliphatic carbocycles. The third-order valence-corrected chi connectivity index (χ3v) is 2.23. The van der Waals surface area contributed by atoms with Gasteiger partial charge in [-0.2, -0.15) is 13.2 Å². The summed E-state index contributed by atoms with van der Waals surface area (Å²) in [6, 6.07) is 4.57. The Morgan fingerprint density at radius 2 is 2.06 bits per heavy atom. The Kier molecular flexibility index (Phi) is 3.98. The molecule has 0 fully saturated rings. The van der Waals surface area contributed by atoms with Gasteiger partial charge in [-0.05, 0) is 30.7 Å². The minimum absolute atomic E-state index is 0.305. The van der Waals surface area contributed by atoms with Gasteiger partial charge < -0.3 is 11.1 Å². The van der Waals surface area contributed by atoms with E-state index in [4.69, 9.17) is 5.73 Å². The van der Waals surface area contributed by atoms with Gasteiger partial charge in [-0.25, -0.2) is 0 Å².